The topological polar surface area (TPSA) is 53.1 Å². The van der Waals surface area contributed by atoms with Crippen LogP contribution < -0.4 is 0 Å². The van der Waals surface area contributed by atoms with Gasteiger partial charge in [-0.3, -0.25) is 4.79 Å². The van der Waals surface area contributed by atoms with Crippen molar-refractivity contribution < 1.29 is 14.3 Å². The summed E-state index contributed by atoms with van der Waals surface area (Å²) in [5, 5.41) is 0. The van der Waals surface area contributed by atoms with Crippen molar-refractivity contribution in [2.24, 2.45) is 5.92 Å². The van der Waals surface area contributed by atoms with E-state index in [9.17, 15) is 9.59 Å². The Hall–Kier alpha value is -2.08. The maximum atomic E-state index is 12.1. The molecule has 1 aromatic rings. The smallest absolute Gasteiger partial charge is 0.409 e. The second kappa shape index (κ2) is 8.34. The highest BCUT2D eigenvalue weighted by Gasteiger charge is 2.43. The molecule has 0 saturated carbocycles. The van der Waals surface area contributed by atoms with Crippen molar-refractivity contribution in [3.63, 3.8) is 0 Å². The number of benzene rings is 1. The van der Waals surface area contributed by atoms with E-state index in [1.807, 2.05) is 16.7 Å². The first-order valence-corrected chi connectivity index (χ1v) is 11.0. The van der Waals surface area contributed by atoms with Crippen LogP contribution in [0, 0.1) is 5.92 Å². The molecule has 0 unspecified atom stereocenters. The maximum absolute atomic E-state index is 12.1. The van der Waals surface area contributed by atoms with E-state index in [-0.39, 0.29) is 17.4 Å². The molecule has 0 radical (unpaired) electrons. The molecule has 6 heteroatoms. The number of fused-ring (bicyclic) bond motifs is 2. The third-order valence-corrected chi connectivity index (χ3v) is 7.03. The van der Waals surface area contributed by atoms with Gasteiger partial charge in [0.2, 0.25) is 5.91 Å². The van der Waals surface area contributed by atoms with Crippen LogP contribution in [0.2, 0.25) is 0 Å². The van der Waals surface area contributed by atoms with Crippen LogP contribution in [0.15, 0.2) is 24.3 Å². The van der Waals surface area contributed by atoms with Crippen molar-refractivity contribution in [3.8, 4) is 0 Å². The molecule has 0 N–H and O–H groups in total. The molecule has 1 atom stereocenters. The van der Waals surface area contributed by atoms with Crippen molar-refractivity contribution in [3.05, 3.63) is 35.4 Å². The van der Waals surface area contributed by atoms with E-state index >= 15 is 0 Å². The fourth-order valence-corrected chi connectivity index (χ4v) is 5.43. The molecule has 0 bridgehead atoms. The largest absolute Gasteiger partial charge is 0.450 e. The van der Waals surface area contributed by atoms with Gasteiger partial charge in [0.1, 0.15) is 0 Å². The average Bonchev–Trinajstić information content (AvgIpc) is 3.19. The highest BCUT2D eigenvalue weighted by Crippen LogP contribution is 2.42. The van der Waals surface area contributed by atoms with Crippen molar-refractivity contribution in [2.75, 3.05) is 45.9 Å². The number of nitrogens with zero attached hydrogens (tertiary/aromatic N) is 3. The molecular weight excluding hydrogens is 366 g/mol. The first kappa shape index (κ1) is 20.2. The zero-order valence-electron chi connectivity index (χ0n) is 17.7. The van der Waals surface area contributed by atoms with Gasteiger partial charge in [-0.05, 0) is 56.3 Å². The van der Waals surface area contributed by atoms with E-state index in [2.05, 4.69) is 29.2 Å². The van der Waals surface area contributed by atoms with Gasteiger partial charge in [0.15, 0.2) is 0 Å². The summed E-state index contributed by atoms with van der Waals surface area (Å²) in [5.74, 6) is 0.701. The molecule has 4 rings (SSSR count). The van der Waals surface area contributed by atoms with Crippen LogP contribution in [0.4, 0.5) is 4.79 Å². The van der Waals surface area contributed by atoms with Gasteiger partial charge < -0.3 is 19.4 Å². The van der Waals surface area contributed by atoms with Gasteiger partial charge in [0, 0.05) is 45.1 Å². The molecule has 158 valence electrons. The Morgan fingerprint density at radius 1 is 1.14 bits per heavy atom. The van der Waals surface area contributed by atoms with Crippen LogP contribution in [0.1, 0.15) is 44.2 Å². The number of likely N-dealkylation sites (tertiary alicyclic amines) is 2. The predicted molar refractivity (Wildman–Crippen MR) is 112 cm³/mol. The van der Waals surface area contributed by atoms with Crippen LogP contribution in [0.25, 0.3) is 0 Å². The van der Waals surface area contributed by atoms with Gasteiger partial charge in [-0.2, -0.15) is 0 Å². The van der Waals surface area contributed by atoms with E-state index in [1.54, 1.807) is 6.92 Å². The number of amides is 2. The summed E-state index contributed by atoms with van der Waals surface area (Å²) in [6, 6.07) is 8.68. The second-order valence-electron chi connectivity index (χ2n) is 8.91. The first-order valence-electron chi connectivity index (χ1n) is 11.0. The number of hydrogen-bond donors (Lipinski definition) is 0. The van der Waals surface area contributed by atoms with Gasteiger partial charge in [0.05, 0.1) is 6.61 Å². The van der Waals surface area contributed by atoms with Gasteiger partial charge in [-0.15, -0.1) is 0 Å². The normalized spacial score (nSPS) is 23.9. The molecule has 1 aromatic carbocycles. The quantitative estimate of drug-likeness (QED) is 0.784. The van der Waals surface area contributed by atoms with E-state index < -0.39 is 0 Å². The number of carbonyl (C=O) groups excluding carboxylic acids is 2. The standard InChI is InChI=1S/C23H33N3O3/c1-3-29-22(28)25-11-8-19(15-25)14-24-12-9-23(10-13-24)17-26(18(2)27)16-20-6-4-5-7-21(20)23/h4-7,19H,3,8-17H2,1-2H3/t19-/m0/s1. The van der Waals surface area contributed by atoms with E-state index in [0.717, 1.165) is 65.1 Å². The Labute approximate surface area is 173 Å². The third kappa shape index (κ3) is 4.13. The van der Waals surface area contributed by atoms with Crippen LogP contribution in [-0.4, -0.2) is 72.6 Å². The Balaban J connectivity index is 1.38. The zero-order chi connectivity index (χ0) is 20.4. The summed E-state index contributed by atoms with van der Waals surface area (Å²) < 4.78 is 5.14. The first-order chi connectivity index (χ1) is 14.0. The molecule has 29 heavy (non-hydrogen) atoms. The molecule has 6 nitrogen and oxygen atoms in total. The van der Waals surface area contributed by atoms with Crippen molar-refractivity contribution in [1.82, 2.24) is 14.7 Å². The lowest BCUT2D eigenvalue weighted by Crippen LogP contribution is -2.53. The van der Waals surface area contributed by atoms with Gasteiger partial charge in [-0.1, -0.05) is 24.3 Å². The average molecular weight is 400 g/mol. The fourth-order valence-electron chi connectivity index (χ4n) is 5.43. The summed E-state index contributed by atoms with van der Waals surface area (Å²) in [4.78, 5) is 30.5. The summed E-state index contributed by atoms with van der Waals surface area (Å²) in [5.41, 5.74) is 2.85. The maximum Gasteiger partial charge on any atom is 0.409 e. The monoisotopic (exact) mass is 399 g/mol. The predicted octanol–water partition coefficient (Wildman–Crippen LogP) is 2.86. The molecule has 2 saturated heterocycles. The molecule has 2 amide bonds. The lowest BCUT2D eigenvalue weighted by molar-refractivity contribution is -0.131. The molecular formula is C23H33N3O3. The highest BCUT2D eigenvalue weighted by molar-refractivity contribution is 5.74. The molecule has 1 spiro atoms. The molecule has 0 aliphatic carbocycles. The Morgan fingerprint density at radius 3 is 2.62 bits per heavy atom. The van der Waals surface area contributed by atoms with E-state index in [0.29, 0.717) is 12.5 Å². The van der Waals surface area contributed by atoms with Gasteiger partial charge in [-0.25, -0.2) is 4.79 Å². The number of piperidine rings is 1. The van der Waals surface area contributed by atoms with Crippen LogP contribution in [0.5, 0.6) is 0 Å². The summed E-state index contributed by atoms with van der Waals surface area (Å²) in [6.45, 7) is 10.3. The molecule has 2 fully saturated rings. The third-order valence-electron chi connectivity index (χ3n) is 7.03. The van der Waals surface area contributed by atoms with Crippen molar-refractivity contribution in [2.45, 2.75) is 45.1 Å². The minimum Gasteiger partial charge on any atom is -0.450 e. The van der Waals surface area contributed by atoms with Gasteiger partial charge >= 0.3 is 6.09 Å². The Morgan fingerprint density at radius 2 is 1.90 bits per heavy atom. The van der Waals surface area contributed by atoms with E-state index in [1.165, 1.54) is 11.1 Å². The van der Waals surface area contributed by atoms with E-state index in [4.69, 9.17) is 4.74 Å². The molecule has 3 heterocycles. The van der Waals surface area contributed by atoms with Crippen molar-refractivity contribution >= 4 is 12.0 Å². The Kier molecular flexibility index (Phi) is 5.81. The fraction of sp³-hybridized carbons (Fsp3) is 0.652. The summed E-state index contributed by atoms with van der Waals surface area (Å²) in [6.07, 6.45) is 3.06. The summed E-state index contributed by atoms with van der Waals surface area (Å²) in [7, 11) is 0. The molecule has 0 aromatic heterocycles. The zero-order valence-corrected chi connectivity index (χ0v) is 17.7. The SMILES string of the molecule is CCOC(=O)N1CC[C@@H](CN2CCC3(CC2)CN(C(C)=O)Cc2ccccc23)C1. The molecule has 3 aliphatic heterocycles. The lowest BCUT2D eigenvalue weighted by Gasteiger charge is -2.49. The lowest BCUT2D eigenvalue weighted by atomic mass is 9.68. The second-order valence-corrected chi connectivity index (χ2v) is 8.91. The number of rotatable bonds is 3. The minimum absolute atomic E-state index is 0.0870. The Bertz CT molecular complexity index is 757. The summed E-state index contributed by atoms with van der Waals surface area (Å²) >= 11 is 0. The van der Waals surface area contributed by atoms with Gasteiger partial charge in [0.25, 0.3) is 0 Å². The van der Waals surface area contributed by atoms with Crippen molar-refractivity contribution in [1.29, 1.82) is 0 Å². The highest BCUT2D eigenvalue weighted by atomic mass is 16.6. The minimum atomic E-state index is -0.171. The van der Waals surface area contributed by atoms with Crippen LogP contribution in [0.3, 0.4) is 0 Å². The molecule has 3 aliphatic rings. The number of hydrogen-bond acceptors (Lipinski definition) is 4. The number of carbonyl (C=O) groups is 2. The van der Waals surface area contributed by atoms with Crippen LogP contribution >= 0.6 is 0 Å². The van der Waals surface area contributed by atoms with Crippen LogP contribution in [-0.2, 0) is 21.5 Å². The number of ether oxygens (including phenoxy) is 1.